The Hall–Kier alpha value is -2.04. The molecular weight excluding hydrogens is 336 g/mol. The van der Waals surface area contributed by atoms with Gasteiger partial charge in [-0.1, -0.05) is 29.8 Å². The molecule has 0 aliphatic heterocycles. The Bertz CT molecular complexity index is 714. The molecule has 0 radical (unpaired) electrons. The number of methoxy groups -OCH3 is 1. The van der Waals surface area contributed by atoms with E-state index < -0.39 is 0 Å². The number of benzene rings is 2. The predicted molar refractivity (Wildman–Crippen MR) is 103 cm³/mol. The molecule has 4 nitrogen and oxygen atoms in total. The van der Waals surface area contributed by atoms with Gasteiger partial charge in [0.15, 0.2) is 0 Å². The maximum Gasteiger partial charge on any atom is 0.252 e. The second kappa shape index (κ2) is 8.88. The fraction of sp³-hybridized carbons (Fsp3) is 0.350. The van der Waals surface area contributed by atoms with Crippen LogP contribution in [0.15, 0.2) is 42.5 Å². The van der Waals surface area contributed by atoms with Crippen LogP contribution in [0.4, 0.5) is 0 Å². The van der Waals surface area contributed by atoms with Gasteiger partial charge in [0.25, 0.3) is 5.91 Å². The first-order chi connectivity index (χ1) is 11.9. The zero-order valence-electron chi connectivity index (χ0n) is 15.2. The molecule has 0 aliphatic carbocycles. The lowest BCUT2D eigenvalue weighted by Gasteiger charge is -2.22. The Morgan fingerprint density at radius 3 is 2.48 bits per heavy atom. The van der Waals surface area contributed by atoms with Gasteiger partial charge in [-0.2, -0.15) is 0 Å². The van der Waals surface area contributed by atoms with Crippen LogP contribution < -0.4 is 10.1 Å². The van der Waals surface area contributed by atoms with Gasteiger partial charge in [0, 0.05) is 16.1 Å². The molecule has 2 aromatic carbocycles. The van der Waals surface area contributed by atoms with Crippen LogP contribution in [0.1, 0.15) is 33.9 Å². The number of hydrogen-bond acceptors (Lipinski definition) is 3. The maximum atomic E-state index is 12.8. The lowest BCUT2D eigenvalue weighted by atomic mass is 10.0. The van der Waals surface area contributed by atoms with Crippen molar-refractivity contribution in [3.8, 4) is 5.75 Å². The number of carbonyl (C=O) groups excluding carboxylic acids is 1. The first-order valence-electron chi connectivity index (χ1n) is 8.27. The normalized spacial score (nSPS) is 12.1. The number of rotatable bonds is 7. The number of nitrogens with one attached hydrogen (secondary N) is 1. The van der Waals surface area contributed by atoms with Crippen LogP contribution >= 0.6 is 11.6 Å². The van der Waals surface area contributed by atoms with Crippen LogP contribution in [0, 0.1) is 6.92 Å². The van der Waals surface area contributed by atoms with Gasteiger partial charge in [-0.25, -0.2) is 0 Å². The topological polar surface area (TPSA) is 41.6 Å². The summed E-state index contributed by atoms with van der Waals surface area (Å²) in [6, 6.07) is 13.0. The molecule has 0 bridgehead atoms. The molecule has 0 heterocycles. The lowest BCUT2D eigenvalue weighted by Crippen LogP contribution is -2.31. The van der Waals surface area contributed by atoms with Gasteiger partial charge >= 0.3 is 0 Å². The summed E-state index contributed by atoms with van der Waals surface area (Å²) in [6.45, 7) is 2.76. The summed E-state index contributed by atoms with van der Waals surface area (Å²) in [5.41, 5.74) is 2.51. The van der Waals surface area contributed by atoms with Crippen LogP contribution in [0.2, 0.25) is 5.02 Å². The molecule has 0 aliphatic rings. The molecular formula is C20H25ClN2O2. The zero-order valence-corrected chi connectivity index (χ0v) is 15.9. The van der Waals surface area contributed by atoms with E-state index in [4.69, 9.17) is 16.3 Å². The molecule has 0 spiro atoms. The Labute approximate surface area is 154 Å². The standard InChI is InChI=1S/C20H25ClN2O2/c1-14-17(6-5-7-19(14)25-4)20(24)22-18(12-13-23(2)3)15-8-10-16(21)11-9-15/h5-11,18H,12-13H2,1-4H3,(H,22,24). The second-order valence-corrected chi connectivity index (χ2v) is 6.74. The molecule has 1 atom stereocenters. The molecule has 0 aromatic heterocycles. The minimum Gasteiger partial charge on any atom is -0.496 e. The third kappa shape index (κ3) is 5.21. The van der Waals surface area contributed by atoms with E-state index in [1.807, 2.05) is 63.5 Å². The average molecular weight is 361 g/mol. The van der Waals surface area contributed by atoms with Crippen molar-refractivity contribution < 1.29 is 9.53 Å². The van der Waals surface area contributed by atoms with E-state index in [0.717, 1.165) is 24.1 Å². The summed E-state index contributed by atoms with van der Waals surface area (Å²) in [7, 11) is 5.65. The Balaban J connectivity index is 2.23. The molecule has 2 aromatic rings. The van der Waals surface area contributed by atoms with Crippen molar-refractivity contribution >= 4 is 17.5 Å². The lowest BCUT2D eigenvalue weighted by molar-refractivity contribution is 0.0931. The molecule has 134 valence electrons. The molecule has 5 heteroatoms. The van der Waals surface area contributed by atoms with E-state index in [0.29, 0.717) is 16.3 Å². The highest BCUT2D eigenvalue weighted by Crippen LogP contribution is 2.24. The number of nitrogens with zero attached hydrogens (tertiary/aromatic N) is 1. The van der Waals surface area contributed by atoms with Gasteiger partial charge in [0.1, 0.15) is 5.75 Å². The Morgan fingerprint density at radius 2 is 1.88 bits per heavy atom. The Kier molecular flexibility index (Phi) is 6.85. The quantitative estimate of drug-likeness (QED) is 0.808. The molecule has 1 N–H and O–H groups in total. The maximum absolute atomic E-state index is 12.8. The third-order valence-electron chi connectivity index (χ3n) is 4.19. The van der Waals surface area contributed by atoms with E-state index in [2.05, 4.69) is 10.2 Å². The molecule has 0 saturated carbocycles. The van der Waals surface area contributed by atoms with Crippen LogP contribution in [-0.4, -0.2) is 38.6 Å². The van der Waals surface area contributed by atoms with Crippen LogP contribution in [0.25, 0.3) is 0 Å². The minimum absolute atomic E-state index is 0.0854. The van der Waals surface area contributed by atoms with Crippen molar-refractivity contribution in [3.63, 3.8) is 0 Å². The summed E-state index contributed by atoms with van der Waals surface area (Å²) in [5.74, 6) is 0.610. The molecule has 1 amide bonds. The first-order valence-corrected chi connectivity index (χ1v) is 8.65. The third-order valence-corrected chi connectivity index (χ3v) is 4.44. The summed E-state index contributed by atoms with van der Waals surface area (Å²) in [5, 5.41) is 3.84. The monoisotopic (exact) mass is 360 g/mol. The molecule has 0 fully saturated rings. The highest BCUT2D eigenvalue weighted by molar-refractivity contribution is 6.30. The highest BCUT2D eigenvalue weighted by Gasteiger charge is 2.18. The zero-order chi connectivity index (χ0) is 18.4. The van der Waals surface area contributed by atoms with E-state index >= 15 is 0 Å². The van der Waals surface area contributed by atoms with E-state index in [1.165, 1.54) is 0 Å². The largest absolute Gasteiger partial charge is 0.496 e. The SMILES string of the molecule is COc1cccc(C(=O)NC(CCN(C)C)c2ccc(Cl)cc2)c1C. The number of ether oxygens (including phenoxy) is 1. The second-order valence-electron chi connectivity index (χ2n) is 6.30. The fourth-order valence-corrected chi connectivity index (χ4v) is 2.85. The van der Waals surface area contributed by atoms with E-state index in [9.17, 15) is 4.79 Å². The van der Waals surface area contributed by atoms with Crippen LogP contribution in [0.5, 0.6) is 5.75 Å². The van der Waals surface area contributed by atoms with Crippen molar-refractivity contribution in [1.29, 1.82) is 0 Å². The number of carbonyl (C=O) groups is 1. The van der Waals surface area contributed by atoms with Crippen LogP contribution in [-0.2, 0) is 0 Å². The van der Waals surface area contributed by atoms with E-state index in [-0.39, 0.29) is 11.9 Å². The van der Waals surface area contributed by atoms with Crippen LogP contribution in [0.3, 0.4) is 0 Å². The number of halogens is 1. The van der Waals surface area contributed by atoms with Gasteiger partial charge in [-0.15, -0.1) is 0 Å². The molecule has 25 heavy (non-hydrogen) atoms. The van der Waals surface area contributed by atoms with Gasteiger partial charge in [-0.05, 0) is 63.8 Å². The van der Waals surface area contributed by atoms with Crippen molar-refractivity contribution in [2.75, 3.05) is 27.7 Å². The summed E-state index contributed by atoms with van der Waals surface area (Å²) in [6.07, 6.45) is 0.809. The molecule has 2 rings (SSSR count). The van der Waals surface area contributed by atoms with Crippen molar-refractivity contribution in [1.82, 2.24) is 10.2 Å². The highest BCUT2D eigenvalue weighted by atomic mass is 35.5. The number of amides is 1. The molecule has 0 saturated heterocycles. The minimum atomic E-state index is -0.102. The first kappa shape index (κ1) is 19.3. The Morgan fingerprint density at radius 1 is 1.20 bits per heavy atom. The van der Waals surface area contributed by atoms with Crippen molar-refractivity contribution in [2.45, 2.75) is 19.4 Å². The number of hydrogen-bond donors (Lipinski definition) is 1. The summed E-state index contributed by atoms with van der Waals surface area (Å²) >= 11 is 5.99. The molecule has 1 unspecified atom stereocenters. The average Bonchev–Trinajstić information content (AvgIpc) is 2.59. The summed E-state index contributed by atoms with van der Waals surface area (Å²) < 4.78 is 5.32. The van der Waals surface area contributed by atoms with Crippen molar-refractivity contribution in [3.05, 3.63) is 64.2 Å². The van der Waals surface area contributed by atoms with Gasteiger partial charge in [0.05, 0.1) is 13.2 Å². The smallest absolute Gasteiger partial charge is 0.252 e. The summed E-state index contributed by atoms with van der Waals surface area (Å²) in [4.78, 5) is 14.9. The van der Waals surface area contributed by atoms with Gasteiger partial charge in [0.2, 0.25) is 0 Å². The van der Waals surface area contributed by atoms with Crippen molar-refractivity contribution in [2.24, 2.45) is 0 Å². The fourth-order valence-electron chi connectivity index (χ4n) is 2.72. The van der Waals surface area contributed by atoms with Gasteiger partial charge < -0.3 is 15.0 Å². The predicted octanol–water partition coefficient (Wildman–Crippen LogP) is 4.08. The van der Waals surface area contributed by atoms with E-state index in [1.54, 1.807) is 7.11 Å². The van der Waals surface area contributed by atoms with Gasteiger partial charge in [-0.3, -0.25) is 4.79 Å².